The maximum atomic E-state index is 12.2. The molecule has 0 saturated heterocycles. The number of carbonyl (C=O) groups is 4. The molecule has 0 saturated carbocycles. The van der Waals surface area contributed by atoms with E-state index in [0.717, 1.165) is 5.56 Å². The zero-order valence-electron chi connectivity index (χ0n) is 15.0. The number of hydrogen-bond acceptors (Lipinski definition) is 7. The number of hydrogen-bond donors (Lipinski definition) is 6. The van der Waals surface area contributed by atoms with Gasteiger partial charge in [0.1, 0.15) is 24.4 Å². The van der Waals surface area contributed by atoms with E-state index < -0.39 is 42.4 Å². The van der Waals surface area contributed by atoms with Crippen molar-refractivity contribution in [1.29, 1.82) is 0 Å². The summed E-state index contributed by atoms with van der Waals surface area (Å²) >= 11 is 1.33. The lowest BCUT2D eigenvalue weighted by Gasteiger charge is -2.18. The van der Waals surface area contributed by atoms with Gasteiger partial charge >= 0.3 is 11.9 Å². The monoisotopic (exact) mass is 413 g/mol. The first-order chi connectivity index (χ1) is 13.2. The third kappa shape index (κ3) is 9.24. The summed E-state index contributed by atoms with van der Waals surface area (Å²) in [6.07, 6.45) is -0.274. The van der Waals surface area contributed by atoms with Gasteiger partial charge in [-0.3, -0.25) is 19.2 Å². The second kappa shape index (κ2) is 11.8. The van der Waals surface area contributed by atoms with Gasteiger partial charge in [0.2, 0.25) is 11.8 Å². The SMILES string of the molecule is NC(CCC(=O)NC(CSCc1ccc(O)cc1)C(=O)NCC(=O)O)C(=O)O. The summed E-state index contributed by atoms with van der Waals surface area (Å²) in [4.78, 5) is 45.5. The van der Waals surface area contributed by atoms with Crippen LogP contribution in [0.3, 0.4) is 0 Å². The molecule has 0 aliphatic carbocycles. The molecular formula is C17H23N3O7S. The number of phenols is 1. The number of rotatable bonds is 12. The van der Waals surface area contributed by atoms with E-state index in [9.17, 15) is 24.3 Å². The van der Waals surface area contributed by atoms with Crippen LogP contribution in [0.5, 0.6) is 5.75 Å². The van der Waals surface area contributed by atoms with E-state index >= 15 is 0 Å². The lowest BCUT2D eigenvalue weighted by molar-refractivity contribution is -0.139. The van der Waals surface area contributed by atoms with Gasteiger partial charge in [0.25, 0.3) is 0 Å². The number of nitrogens with one attached hydrogen (secondary N) is 2. The number of benzene rings is 1. The van der Waals surface area contributed by atoms with Crippen molar-refractivity contribution in [2.45, 2.75) is 30.7 Å². The predicted octanol–water partition coefficient (Wildman–Crippen LogP) is -0.497. The molecule has 7 N–H and O–H groups in total. The first-order valence-electron chi connectivity index (χ1n) is 8.32. The van der Waals surface area contributed by atoms with Crippen LogP contribution in [0.1, 0.15) is 18.4 Å². The lowest BCUT2D eigenvalue weighted by Crippen LogP contribution is -2.49. The van der Waals surface area contributed by atoms with Crippen molar-refractivity contribution in [2.24, 2.45) is 5.73 Å². The second-order valence-electron chi connectivity index (χ2n) is 5.90. The summed E-state index contributed by atoms with van der Waals surface area (Å²) in [5.41, 5.74) is 6.24. The van der Waals surface area contributed by atoms with Gasteiger partial charge in [-0.05, 0) is 24.1 Å². The van der Waals surface area contributed by atoms with Crippen molar-refractivity contribution in [3.8, 4) is 5.75 Å². The van der Waals surface area contributed by atoms with Gasteiger partial charge in [-0.2, -0.15) is 11.8 Å². The molecule has 0 bridgehead atoms. The number of aliphatic carboxylic acids is 2. The van der Waals surface area contributed by atoms with Crippen LogP contribution in [0.2, 0.25) is 0 Å². The Bertz CT molecular complexity index is 696. The van der Waals surface area contributed by atoms with Crippen molar-refractivity contribution >= 4 is 35.5 Å². The third-order valence-electron chi connectivity index (χ3n) is 3.55. The van der Waals surface area contributed by atoms with Gasteiger partial charge in [-0.25, -0.2) is 0 Å². The summed E-state index contributed by atoms with van der Waals surface area (Å²) in [6.45, 7) is -0.586. The fourth-order valence-corrected chi connectivity index (χ4v) is 3.05. The van der Waals surface area contributed by atoms with Crippen LogP contribution in [-0.4, -0.2) is 63.5 Å². The number of nitrogens with two attached hydrogens (primary N) is 1. The number of aromatic hydroxyl groups is 1. The Kier molecular flexibility index (Phi) is 9.82. The summed E-state index contributed by atoms with van der Waals surface area (Å²) in [5, 5.41) is 31.4. The van der Waals surface area contributed by atoms with E-state index in [2.05, 4.69) is 10.6 Å². The van der Waals surface area contributed by atoms with Crippen LogP contribution in [0, 0.1) is 0 Å². The minimum Gasteiger partial charge on any atom is -0.508 e. The largest absolute Gasteiger partial charge is 0.508 e. The Morgan fingerprint density at radius 3 is 2.32 bits per heavy atom. The van der Waals surface area contributed by atoms with Crippen LogP contribution in [0.15, 0.2) is 24.3 Å². The molecule has 11 heteroatoms. The molecule has 0 aromatic heterocycles. The number of carboxylic acid groups (broad SMARTS) is 2. The molecule has 2 amide bonds. The van der Waals surface area contributed by atoms with E-state index in [1.54, 1.807) is 12.1 Å². The number of phenolic OH excluding ortho intramolecular Hbond substituents is 1. The number of carbonyl (C=O) groups excluding carboxylic acids is 2. The van der Waals surface area contributed by atoms with Crippen molar-refractivity contribution in [2.75, 3.05) is 12.3 Å². The Balaban J connectivity index is 2.60. The van der Waals surface area contributed by atoms with Crippen LogP contribution in [0.25, 0.3) is 0 Å². The van der Waals surface area contributed by atoms with E-state index in [-0.39, 0.29) is 24.3 Å². The maximum absolute atomic E-state index is 12.2. The summed E-state index contributed by atoms with van der Waals surface area (Å²) in [5.74, 6) is -2.86. The zero-order chi connectivity index (χ0) is 21.1. The Morgan fingerprint density at radius 1 is 1.11 bits per heavy atom. The standard InChI is InChI=1S/C17H23N3O7S/c18-12(17(26)27)5-6-14(22)20-13(16(25)19-7-15(23)24)9-28-8-10-1-3-11(21)4-2-10/h1-4,12-13,21H,5-9,18H2,(H,19,25)(H,20,22)(H,23,24)(H,26,27). The zero-order valence-corrected chi connectivity index (χ0v) is 15.8. The van der Waals surface area contributed by atoms with Gasteiger partial charge in [-0.1, -0.05) is 12.1 Å². The number of amides is 2. The van der Waals surface area contributed by atoms with Crippen molar-refractivity contribution < 1.29 is 34.5 Å². The molecule has 1 aromatic rings. The van der Waals surface area contributed by atoms with Crippen LogP contribution in [-0.2, 0) is 24.9 Å². The highest BCUT2D eigenvalue weighted by Gasteiger charge is 2.22. The Hall–Kier alpha value is -2.79. The fraction of sp³-hybridized carbons (Fsp3) is 0.412. The van der Waals surface area contributed by atoms with Gasteiger partial charge in [0, 0.05) is 17.9 Å². The molecule has 0 radical (unpaired) electrons. The highest BCUT2D eigenvalue weighted by atomic mass is 32.2. The van der Waals surface area contributed by atoms with E-state index in [1.807, 2.05) is 0 Å². The topological polar surface area (TPSA) is 179 Å². The fourth-order valence-electron chi connectivity index (χ4n) is 2.03. The van der Waals surface area contributed by atoms with Gasteiger partial charge in [-0.15, -0.1) is 0 Å². The van der Waals surface area contributed by atoms with Gasteiger partial charge in [0.05, 0.1) is 0 Å². The Labute approximate surface area is 165 Å². The predicted molar refractivity (Wildman–Crippen MR) is 102 cm³/mol. The molecule has 0 aliphatic heterocycles. The lowest BCUT2D eigenvalue weighted by atomic mass is 10.1. The summed E-state index contributed by atoms with van der Waals surface area (Å²) in [7, 11) is 0. The molecule has 154 valence electrons. The molecule has 0 aliphatic rings. The quantitative estimate of drug-likeness (QED) is 0.263. The van der Waals surface area contributed by atoms with Gasteiger partial charge in [0.15, 0.2) is 0 Å². The Morgan fingerprint density at radius 2 is 1.75 bits per heavy atom. The highest BCUT2D eigenvalue weighted by Crippen LogP contribution is 2.16. The van der Waals surface area contributed by atoms with Crippen molar-refractivity contribution in [1.82, 2.24) is 10.6 Å². The summed E-state index contributed by atoms with van der Waals surface area (Å²) < 4.78 is 0. The maximum Gasteiger partial charge on any atom is 0.322 e. The van der Waals surface area contributed by atoms with E-state index in [0.29, 0.717) is 5.75 Å². The second-order valence-corrected chi connectivity index (χ2v) is 6.93. The molecule has 0 fully saturated rings. The first kappa shape index (κ1) is 23.2. The smallest absolute Gasteiger partial charge is 0.322 e. The molecule has 2 atom stereocenters. The normalized spacial score (nSPS) is 12.6. The van der Waals surface area contributed by atoms with Crippen LogP contribution in [0.4, 0.5) is 0 Å². The first-order valence-corrected chi connectivity index (χ1v) is 9.47. The molecular weight excluding hydrogens is 390 g/mol. The highest BCUT2D eigenvalue weighted by molar-refractivity contribution is 7.98. The third-order valence-corrected chi connectivity index (χ3v) is 4.66. The average Bonchev–Trinajstić information content (AvgIpc) is 2.64. The minimum absolute atomic E-state index is 0.0920. The van der Waals surface area contributed by atoms with Crippen LogP contribution < -0.4 is 16.4 Å². The van der Waals surface area contributed by atoms with Crippen molar-refractivity contribution in [3.05, 3.63) is 29.8 Å². The van der Waals surface area contributed by atoms with Gasteiger partial charge < -0.3 is 31.7 Å². The number of thioether (sulfide) groups is 1. The van der Waals surface area contributed by atoms with E-state index in [4.69, 9.17) is 15.9 Å². The average molecular weight is 413 g/mol. The molecule has 10 nitrogen and oxygen atoms in total. The molecule has 1 aromatic carbocycles. The van der Waals surface area contributed by atoms with Crippen molar-refractivity contribution in [3.63, 3.8) is 0 Å². The molecule has 0 spiro atoms. The molecule has 0 heterocycles. The minimum atomic E-state index is -1.23. The molecule has 28 heavy (non-hydrogen) atoms. The summed E-state index contributed by atoms with van der Waals surface area (Å²) in [6, 6.07) is 4.31. The van der Waals surface area contributed by atoms with Crippen LogP contribution >= 0.6 is 11.8 Å². The molecule has 1 rings (SSSR count). The number of carboxylic acids is 2. The van der Waals surface area contributed by atoms with E-state index in [1.165, 1.54) is 23.9 Å². The molecule has 2 unspecified atom stereocenters.